The van der Waals surface area contributed by atoms with E-state index in [1.165, 1.54) is 0 Å². The average Bonchev–Trinajstić information content (AvgIpc) is 2.83. The maximum Gasteiger partial charge on any atom is 0.360 e. The van der Waals surface area contributed by atoms with E-state index in [0.29, 0.717) is 6.61 Å². The SMILES string of the molecule is CCCOCCOC(=O)c1n[nH]c(C(C)C)c1S(=O)(=O)Cl. The van der Waals surface area contributed by atoms with Crippen LogP contribution in [-0.2, 0) is 18.5 Å². The summed E-state index contributed by atoms with van der Waals surface area (Å²) in [6.45, 7) is 6.30. The van der Waals surface area contributed by atoms with Crippen molar-refractivity contribution in [1.29, 1.82) is 0 Å². The Morgan fingerprint density at radius 3 is 2.52 bits per heavy atom. The predicted octanol–water partition coefficient (Wildman–Crippen LogP) is 2.04. The summed E-state index contributed by atoms with van der Waals surface area (Å²) in [5.41, 5.74) is -0.0524. The van der Waals surface area contributed by atoms with Crippen LogP contribution in [-0.4, -0.2) is 44.4 Å². The Bertz CT molecular complexity index is 582. The molecule has 1 aromatic heterocycles. The summed E-state index contributed by atoms with van der Waals surface area (Å²) in [7, 11) is 1.28. The molecule has 1 heterocycles. The molecule has 0 amide bonds. The van der Waals surface area contributed by atoms with Crippen LogP contribution in [0.15, 0.2) is 4.90 Å². The number of rotatable bonds is 8. The maximum atomic E-state index is 11.9. The van der Waals surface area contributed by atoms with E-state index in [1.54, 1.807) is 13.8 Å². The number of ether oxygens (including phenoxy) is 2. The first kappa shape index (κ1) is 17.9. The van der Waals surface area contributed by atoms with Gasteiger partial charge >= 0.3 is 5.97 Å². The van der Waals surface area contributed by atoms with Crippen LogP contribution in [0.1, 0.15) is 49.3 Å². The molecule has 1 rings (SSSR count). The molecule has 1 aromatic rings. The summed E-state index contributed by atoms with van der Waals surface area (Å²) in [5, 5.41) is 6.24. The van der Waals surface area contributed by atoms with Crippen LogP contribution < -0.4 is 0 Å². The van der Waals surface area contributed by atoms with Crippen molar-refractivity contribution < 1.29 is 22.7 Å². The number of aromatic amines is 1. The third kappa shape index (κ3) is 4.98. The van der Waals surface area contributed by atoms with E-state index in [4.69, 9.17) is 20.2 Å². The van der Waals surface area contributed by atoms with Gasteiger partial charge < -0.3 is 9.47 Å². The second-order valence-electron chi connectivity index (χ2n) is 4.66. The van der Waals surface area contributed by atoms with Crippen molar-refractivity contribution >= 4 is 25.7 Å². The smallest absolute Gasteiger partial charge is 0.360 e. The number of halogens is 1. The predicted molar refractivity (Wildman–Crippen MR) is 77.1 cm³/mol. The number of nitrogens with one attached hydrogen (secondary N) is 1. The molecule has 0 aromatic carbocycles. The molecular formula is C12H19ClN2O5S. The second kappa shape index (κ2) is 7.77. The van der Waals surface area contributed by atoms with Crippen molar-refractivity contribution in [3.05, 3.63) is 11.4 Å². The molecule has 1 N–H and O–H groups in total. The summed E-state index contributed by atoms with van der Waals surface area (Å²) in [5.74, 6) is -1.03. The van der Waals surface area contributed by atoms with Gasteiger partial charge in [-0.1, -0.05) is 20.8 Å². The lowest BCUT2D eigenvalue weighted by Crippen LogP contribution is -2.14. The van der Waals surface area contributed by atoms with Gasteiger partial charge in [-0.3, -0.25) is 5.10 Å². The Morgan fingerprint density at radius 1 is 1.33 bits per heavy atom. The van der Waals surface area contributed by atoms with Crippen LogP contribution in [0, 0.1) is 0 Å². The Kier molecular flexibility index (Phi) is 6.63. The van der Waals surface area contributed by atoms with Gasteiger partial charge in [0.15, 0.2) is 5.69 Å². The zero-order chi connectivity index (χ0) is 16.0. The van der Waals surface area contributed by atoms with E-state index in [-0.39, 0.29) is 35.4 Å². The Hall–Kier alpha value is -1.12. The van der Waals surface area contributed by atoms with Crippen molar-refractivity contribution in [2.75, 3.05) is 19.8 Å². The van der Waals surface area contributed by atoms with Crippen LogP contribution in [0.2, 0.25) is 0 Å². The minimum Gasteiger partial charge on any atom is -0.458 e. The normalized spacial score (nSPS) is 11.9. The molecule has 7 nitrogen and oxygen atoms in total. The second-order valence-corrected chi connectivity index (χ2v) is 7.16. The molecule has 0 aliphatic heterocycles. The average molecular weight is 339 g/mol. The highest BCUT2D eigenvalue weighted by Crippen LogP contribution is 2.28. The summed E-state index contributed by atoms with van der Waals surface area (Å²) in [6, 6.07) is 0. The lowest BCUT2D eigenvalue weighted by atomic mass is 10.1. The largest absolute Gasteiger partial charge is 0.458 e. The molecule has 0 saturated heterocycles. The van der Waals surface area contributed by atoms with E-state index in [9.17, 15) is 13.2 Å². The molecule has 0 radical (unpaired) electrons. The number of hydrogen-bond acceptors (Lipinski definition) is 6. The molecule has 0 bridgehead atoms. The number of aromatic nitrogens is 2. The lowest BCUT2D eigenvalue weighted by Gasteiger charge is -2.06. The molecule has 9 heteroatoms. The van der Waals surface area contributed by atoms with Crippen LogP contribution in [0.4, 0.5) is 0 Å². The zero-order valence-electron chi connectivity index (χ0n) is 12.2. The quantitative estimate of drug-likeness (QED) is 0.442. The third-order valence-electron chi connectivity index (χ3n) is 2.57. The molecule has 0 aliphatic rings. The molecule has 0 fully saturated rings. The minimum absolute atomic E-state index is 0.0183. The highest BCUT2D eigenvalue weighted by atomic mass is 35.7. The molecule has 0 aliphatic carbocycles. The molecule has 120 valence electrons. The maximum absolute atomic E-state index is 11.9. The van der Waals surface area contributed by atoms with Crippen LogP contribution in [0.5, 0.6) is 0 Å². The van der Waals surface area contributed by atoms with Gasteiger partial charge in [0.2, 0.25) is 0 Å². The van der Waals surface area contributed by atoms with Gasteiger partial charge in [-0.15, -0.1) is 0 Å². The van der Waals surface area contributed by atoms with E-state index in [0.717, 1.165) is 6.42 Å². The van der Waals surface area contributed by atoms with Gasteiger partial charge in [0, 0.05) is 17.3 Å². The number of esters is 1. The first-order valence-electron chi connectivity index (χ1n) is 6.56. The fourth-order valence-corrected chi connectivity index (χ4v) is 3.00. The molecule has 0 atom stereocenters. The highest BCUT2D eigenvalue weighted by Gasteiger charge is 2.30. The summed E-state index contributed by atoms with van der Waals surface area (Å²) in [4.78, 5) is 11.6. The van der Waals surface area contributed by atoms with E-state index in [1.807, 2.05) is 6.92 Å². The van der Waals surface area contributed by atoms with Crippen molar-refractivity contribution in [3.8, 4) is 0 Å². The van der Waals surface area contributed by atoms with Crippen molar-refractivity contribution in [3.63, 3.8) is 0 Å². The topological polar surface area (TPSA) is 98.3 Å². The van der Waals surface area contributed by atoms with Gasteiger partial charge in [-0.25, -0.2) is 13.2 Å². The van der Waals surface area contributed by atoms with Crippen molar-refractivity contribution in [2.24, 2.45) is 0 Å². The van der Waals surface area contributed by atoms with Crippen molar-refractivity contribution in [1.82, 2.24) is 10.2 Å². The lowest BCUT2D eigenvalue weighted by molar-refractivity contribution is 0.0309. The Morgan fingerprint density at radius 2 is 2.00 bits per heavy atom. The molecular weight excluding hydrogens is 320 g/mol. The number of hydrogen-bond donors (Lipinski definition) is 1. The summed E-state index contributed by atoms with van der Waals surface area (Å²) in [6.07, 6.45) is 0.861. The van der Waals surface area contributed by atoms with Crippen LogP contribution >= 0.6 is 10.7 Å². The molecule has 0 unspecified atom stereocenters. The van der Waals surface area contributed by atoms with Gasteiger partial charge in [-0.05, 0) is 12.3 Å². The summed E-state index contributed by atoms with van der Waals surface area (Å²) >= 11 is 0. The zero-order valence-corrected chi connectivity index (χ0v) is 13.8. The number of carbonyl (C=O) groups is 1. The van der Waals surface area contributed by atoms with Gasteiger partial charge in [0.25, 0.3) is 9.05 Å². The van der Waals surface area contributed by atoms with Gasteiger partial charge in [0.1, 0.15) is 11.5 Å². The van der Waals surface area contributed by atoms with Crippen molar-refractivity contribution in [2.45, 2.75) is 38.0 Å². The minimum atomic E-state index is -4.10. The van der Waals surface area contributed by atoms with Gasteiger partial charge in [0.05, 0.1) is 12.3 Å². The fraction of sp³-hybridized carbons (Fsp3) is 0.667. The summed E-state index contributed by atoms with van der Waals surface area (Å²) < 4.78 is 33.4. The highest BCUT2D eigenvalue weighted by molar-refractivity contribution is 8.13. The third-order valence-corrected chi connectivity index (χ3v) is 3.94. The monoisotopic (exact) mass is 338 g/mol. The number of H-pyrrole nitrogens is 1. The molecule has 21 heavy (non-hydrogen) atoms. The Labute approximate surface area is 128 Å². The van der Waals surface area contributed by atoms with Crippen LogP contribution in [0.3, 0.4) is 0 Å². The first-order valence-corrected chi connectivity index (χ1v) is 8.87. The fourth-order valence-electron chi connectivity index (χ4n) is 1.63. The first-order chi connectivity index (χ1) is 9.79. The van der Waals surface area contributed by atoms with E-state index < -0.39 is 15.0 Å². The van der Waals surface area contributed by atoms with E-state index in [2.05, 4.69) is 10.2 Å². The Balaban J connectivity index is 2.85. The molecule has 0 saturated carbocycles. The van der Waals surface area contributed by atoms with E-state index >= 15 is 0 Å². The van der Waals surface area contributed by atoms with Gasteiger partial charge in [-0.2, -0.15) is 5.10 Å². The standard InChI is InChI=1S/C12H19ClN2O5S/c1-4-5-19-6-7-20-12(16)10-11(21(13,17)18)9(8(2)3)14-15-10/h8H,4-7H2,1-3H3,(H,14,15). The molecule has 0 spiro atoms. The van der Waals surface area contributed by atoms with Crippen LogP contribution in [0.25, 0.3) is 0 Å². The number of nitrogens with zero attached hydrogens (tertiary/aromatic N) is 1. The number of carbonyl (C=O) groups excluding carboxylic acids is 1.